The van der Waals surface area contributed by atoms with Gasteiger partial charge in [-0.15, -0.1) is 0 Å². The average Bonchev–Trinajstić information content (AvgIpc) is 3.04. The van der Waals surface area contributed by atoms with Crippen molar-refractivity contribution in [1.82, 2.24) is 5.32 Å². The van der Waals surface area contributed by atoms with Crippen LogP contribution >= 0.6 is 15.9 Å². The van der Waals surface area contributed by atoms with Gasteiger partial charge in [0.1, 0.15) is 0 Å². The summed E-state index contributed by atoms with van der Waals surface area (Å²) in [5.74, 6) is 0. The zero-order chi connectivity index (χ0) is 31.7. The van der Waals surface area contributed by atoms with E-state index in [0.717, 1.165) is 11.9 Å². The Morgan fingerprint density at radius 1 is 0.273 bits per heavy atom. The van der Waals surface area contributed by atoms with E-state index in [-0.39, 0.29) is 0 Å². The Hall–Kier alpha value is -0.0800. The fourth-order valence-electron chi connectivity index (χ4n) is 2.97. The van der Waals surface area contributed by atoms with Crippen LogP contribution in [-0.4, -0.2) is 191 Å². The Bertz CT molecular complexity index is 462. The molecule has 0 saturated carbocycles. The Balaban J connectivity index is 3.03. The van der Waals surface area contributed by atoms with Crippen LogP contribution in [0.4, 0.5) is 0 Å². The van der Waals surface area contributed by atoms with E-state index in [1.807, 2.05) is 7.05 Å². The molecule has 0 aromatic heterocycles. The molecular formula is C29H60BrNO13. The second-order valence-corrected chi connectivity index (χ2v) is 9.55. The van der Waals surface area contributed by atoms with E-state index in [2.05, 4.69) is 21.2 Å². The molecule has 0 unspecified atom stereocenters. The van der Waals surface area contributed by atoms with Gasteiger partial charge in [0.25, 0.3) is 0 Å². The molecule has 0 fully saturated rings. The smallest absolute Gasteiger partial charge is 0.0701 e. The fourth-order valence-corrected chi connectivity index (χ4v) is 3.20. The van der Waals surface area contributed by atoms with Crippen molar-refractivity contribution < 1.29 is 61.6 Å². The monoisotopic (exact) mass is 709 g/mol. The van der Waals surface area contributed by atoms with Crippen LogP contribution in [0.3, 0.4) is 0 Å². The number of likely N-dealkylation sites (N-methyl/N-ethyl adjacent to an activating group) is 1. The molecule has 0 radical (unpaired) electrons. The van der Waals surface area contributed by atoms with Crippen molar-refractivity contribution >= 4 is 15.9 Å². The van der Waals surface area contributed by atoms with Gasteiger partial charge in [-0.05, 0) is 7.05 Å². The summed E-state index contributed by atoms with van der Waals surface area (Å²) in [6.45, 7) is 15.1. The van der Waals surface area contributed by atoms with Gasteiger partial charge in [0.15, 0.2) is 0 Å². The van der Waals surface area contributed by atoms with Gasteiger partial charge < -0.3 is 66.9 Å². The summed E-state index contributed by atoms with van der Waals surface area (Å²) < 4.78 is 70.6. The van der Waals surface area contributed by atoms with Crippen molar-refractivity contribution in [2.45, 2.75) is 0 Å². The number of rotatable bonds is 41. The van der Waals surface area contributed by atoms with Crippen molar-refractivity contribution in [1.29, 1.82) is 0 Å². The number of hydrogen-bond acceptors (Lipinski definition) is 14. The summed E-state index contributed by atoms with van der Waals surface area (Å²) in [7, 11) is 1.90. The highest BCUT2D eigenvalue weighted by Gasteiger charge is 1.97. The molecule has 0 aliphatic heterocycles. The van der Waals surface area contributed by atoms with Crippen molar-refractivity contribution in [2.75, 3.05) is 191 Å². The molecule has 0 atom stereocenters. The van der Waals surface area contributed by atoms with Crippen LogP contribution in [0.5, 0.6) is 0 Å². The van der Waals surface area contributed by atoms with Gasteiger partial charge in [-0.25, -0.2) is 0 Å². The summed E-state index contributed by atoms with van der Waals surface area (Å²) >= 11 is 3.30. The lowest BCUT2D eigenvalue weighted by Crippen LogP contribution is -2.17. The Labute approximate surface area is 273 Å². The average molecular weight is 711 g/mol. The van der Waals surface area contributed by atoms with E-state index in [1.165, 1.54) is 0 Å². The molecule has 15 heteroatoms. The lowest BCUT2D eigenvalue weighted by atomic mass is 10.6. The normalized spacial score (nSPS) is 11.6. The molecule has 1 N–H and O–H groups in total. The molecule has 0 rings (SSSR count). The summed E-state index contributed by atoms with van der Waals surface area (Å²) in [6.07, 6.45) is 0. The highest BCUT2D eigenvalue weighted by Crippen LogP contribution is 1.88. The quantitative estimate of drug-likeness (QED) is 0.0710. The number of alkyl halides is 1. The molecule has 0 bridgehead atoms. The van der Waals surface area contributed by atoms with E-state index in [1.54, 1.807) is 0 Å². The Kier molecular flexibility index (Phi) is 42.8. The maximum Gasteiger partial charge on any atom is 0.0701 e. The predicted molar refractivity (Wildman–Crippen MR) is 168 cm³/mol. The second kappa shape index (κ2) is 42.9. The van der Waals surface area contributed by atoms with Gasteiger partial charge in [0.05, 0.1) is 172 Å². The molecule has 0 aliphatic carbocycles. The second-order valence-electron chi connectivity index (χ2n) is 8.75. The number of hydrogen-bond donors (Lipinski definition) is 1. The summed E-state index contributed by atoms with van der Waals surface area (Å²) in [5, 5.41) is 3.86. The van der Waals surface area contributed by atoms with Crippen LogP contribution in [0.25, 0.3) is 0 Å². The summed E-state index contributed by atoms with van der Waals surface area (Å²) in [4.78, 5) is 0. The van der Waals surface area contributed by atoms with Crippen LogP contribution in [0.2, 0.25) is 0 Å². The molecule has 266 valence electrons. The Morgan fingerprint density at radius 3 is 0.591 bits per heavy atom. The molecule has 0 aromatic carbocycles. The van der Waals surface area contributed by atoms with Crippen molar-refractivity contribution in [3.8, 4) is 0 Å². The molecular weight excluding hydrogens is 650 g/mol. The van der Waals surface area contributed by atoms with Crippen molar-refractivity contribution in [2.24, 2.45) is 0 Å². The molecule has 0 aromatic rings. The summed E-state index contributed by atoms with van der Waals surface area (Å²) in [5.41, 5.74) is 0. The van der Waals surface area contributed by atoms with E-state index in [4.69, 9.17) is 61.6 Å². The third kappa shape index (κ3) is 41.9. The minimum atomic E-state index is 0.513. The van der Waals surface area contributed by atoms with Gasteiger partial charge in [-0.2, -0.15) is 0 Å². The minimum absolute atomic E-state index is 0.513. The first-order valence-corrected chi connectivity index (χ1v) is 16.7. The van der Waals surface area contributed by atoms with E-state index in [9.17, 15) is 0 Å². The maximum atomic E-state index is 5.48. The van der Waals surface area contributed by atoms with Crippen molar-refractivity contribution in [3.63, 3.8) is 0 Å². The highest BCUT2D eigenvalue weighted by atomic mass is 79.9. The summed E-state index contributed by atoms with van der Waals surface area (Å²) in [6, 6.07) is 0. The SMILES string of the molecule is CNCCOCCOCCOCCOCCOCCOCCOCCOCCOCCOCCOCCOCCOCCBr. The standard InChI is InChI=1S/C29H60BrNO13/c1-31-3-5-33-7-9-35-11-13-37-15-17-39-19-21-41-23-25-43-27-29-44-28-26-42-24-22-40-20-18-38-16-14-36-12-10-34-8-6-32-4-2-30/h31H,2-29H2,1H3. The first kappa shape index (κ1) is 43.9. The van der Waals surface area contributed by atoms with E-state index in [0.29, 0.717) is 172 Å². The molecule has 0 spiro atoms. The molecule has 0 aliphatic rings. The van der Waals surface area contributed by atoms with E-state index < -0.39 is 0 Å². The van der Waals surface area contributed by atoms with Gasteiger partial charge in [0.2, 0.25) is 0 Å². The van der Waals surface area contributed by atoms with Gasteiger partial charge in [-0.1, -0.05) is 15.9 Å². The van der Waals surface area contributed by atoms with Crippen LogP contribution < -0.4 is 5.32 Å². The molecule has 0 saturated heterocycles. The zero-order valence-corrected chi connectivity index (χ0v) is 28.6. The maximum absolute atomic E-state index is 5.48. The van der Waals surface area contributed by atoms with Gasteiger partial charge in [-0.3, -0.25) is 0 Å². The zero-order valence-electron chi connectivity index (χ0n) is 27.0. The first-order chi connectivity index (χ1) is 21.9. The minimum Gasteiger partial charge on any atom is -0.378 e. The molecule has 14 nitrogen and oxygen atoms in total. The van der Waals surface area contributed by atoms with E-state index >= 15 is 0 Å². The number of nitrogens with one attached hydrogen (secondary N) is 1. The lowest BCUT2D eigenvalue weighted by molar-refractivity contribution is -0.0289. The van der Waals surface area contributed by atoms with Crippen LogP contribution in [0, 0.1) is 0 Å². The largest absolute Gasteiger partial charge is 0.378 e. The predicted octanol–water partition coefficient (Wildman–Crippen LogP) is 0.817. The molecule has 0 heterocycles. The lowest BCUT2D eigenvalue weighted by Gasteiger charge is -2.09. The van der Waals surface area contributed by atoms with Gasteiger partial charge in [0, 0.05) is 11.9 Å². The molecule has 0 amide bonds. The van der Waals surface area contributed by atoms with Crippen LogP contribution in [0.1, 0.15) is 0 Å². The number of halogens is 1. The first-order valence-electron chi connectivity index (χ1n) is 15.6. The molecule has 44 heavy (non-hydrogen) atoms. The number of ether oxygens (including phenoxy) is 13. The van der Waals surface area contributed by atoms with Crippen LogP contribution in [-0.2, 0) is 61.6 Å². The topological polar surface area (TPSA) is 132 Å². The highest BCUT2D eigenvalue weighted by molar-refractivity contribution is 9.09. The third-order valence-corrected chi connectivity index (χ3v) is 5.51. The van der Waals surface area contributed by atoms with Gasteiger partial charge >= 0.3 is 0 Å². The van der Waals surface area contributed by atoms with Crippen molar-refractivity contribution in [3.05, 3.63) is 0 Å². The van der Waals surface area contributed by atoms with Crippen LogP contribution in [0.15, 0.2) is 0 Å². The fraction of sp³-hybridized carbons (Fsp3) is 1.00. The third-order valence-electron chi connectivity index (χ3n) is 5.18. The Morgan fingerprint density at radius 2 is 0.432 bits per heavy atom.